The second-order valence-electron chi connectivity index (χ2n) is 1.60. The number of nitrogens with one attached hydrogen (secondary N) is 1. The first-order chi connectivity index (χ1) is 4.22. The topological polar surface area (TPSA) is 75.7 Å². The van der Waals surface area contributed by atoms with Crippen LogP contribution in [0.3, 0.4) is 0 Å². The third kappa shape index (κ3) is 1.65. The van der Waals surface area contributed by atoms with Crippen LogP contribution in [0, 0.1) is 12.3 Å². The number of amidine groups is 1. The molecule has 0 aromatic carbocycles. The molecule has 56 valence electrons. The maximum absolute atomic E-state index is 7.00. The van der Waals surface area contributed by atoms with E-state index >= 15 is 0 Å². The summed E-state index contributed by atoms with van der Waals surface area (Å²) in [5, 5.41) is 10.7. The standard InChI is InChI=1S/C4H6N4S.ClH/c1-2-3(4(5)6)9-8-7-2;/h1H3,(H3,5,6);1H. The third-order valence-electron chi connectivity index (χ3n) is 0.896. The Bertz CT molecular complexity index is 233. The first-order valence-electron chi connectivity index (χ1n) is 2.35. The Kier molecular flexibility index (Phi) is 3.24. The minimum absolute atomic E-state index is 0. The molecule has 0 aliphatic rings. The van der Waals surface area contributed by atoms with E-state index in [1.54, 1.807) is 6.92 Å². The number of aryl methyl sites for hydroxylation is 1. The molecular formula is C4H7ClN4S. The number of hydrogen-bond acceptors (Lipinski definition) is 4. The van der Waals surface area contributed by atoms with Crippen molar-refractivity contribution in [3.63, 3.8) is 0 Å². The zero-order valence-corrected chi connectivity index (χ0v) is 6.92. The van der Waals surface area contributed by atoms with Crippen LogP contribution >= 0.6 is 23.9 Å². The van der Waals surface area contributed by atoms with Gasteiger partial charge in [0.05, 0.1) is 5.69 Å². The van der Waals surface area contributed by atoms with Crippen LogP contribution in [0.5, 0.6) is 0 Å². The molecule has 0 fully saturated rings. The predicted molar refractivity (Wildman–Crippen MR) is 42.9 cm³/mol. The Balaban J connectivity index is 0.000000810. The second-order valence-corrected chi connectivity index (χ2v) is 2.36. The van der Waals surface area contributed by atoms with Gasteiger partial charge < -0.3 is 5.73 Å². The molecule has 1 rings (SSSR count). The molecule has 0 atom stereocenters. The van der Waals surface area contributed by atoms with Crippen molar-refractivity contribution >= 4 is 29.8 Å². The van der Waals surface area contributed by atoms with E-state index in [2.05, 4.69) is 9.59 Å². The highest BCUT2D eigenvalue weighted by Crippen LogP contribution is 2.06. The van der Waals surface area contributed by atoms with Crippen molar-refractivity contribution in [2.24, 2.45) is 5.73 Å². The highest BCUT2D eigenvalue weighted by Gasteiger charge is 2.03. The molecule has 0 spiro atoms. The van der Waals surface area contributed by atoms with Gasteiger partial charge in [0.25, 0.3) is 0 Å². The van der Waals surface area contributed by atoms with Gasteiger partial charge >= 0.3 is 0 Å². The summed E-state index contributed by atoms with van der Waals surface area (Å²) in [4.78, 5) is 0.662. The molecule has 1 aromatic rings. The van der Waals surface area contributed by atoms with Gasteiger partial charge in [0.15, 0.2) is 0 Å². The molecule has 1 heterocycles. The van der Waals surface area contributed by atoms with Gasteiger partial charge in [0.1, 0.15) is 10.7 Å². The average Bonchev–Trinajstić information content (AvgIpc) is 2.13. The number of aromatic nitrogens is 2. The molecule has 0 amide bonds. The second kappa shape index (κ2) is 3.48. The van der Waals surface area contributed by atoms with E-state index in [0.717, 1.165) is 17.2 Å². The first-order valence-corrected chi connectivity index (χ1v) is 3.12. The zero-order valence-electron chi connectivity index (χ0n) is 5.29. The van der Waals surface area contributed by atoms with Gasteiger partial charge in [-0.15, -0.1) is 17.5 Å². The third-order valence-corrected chi connectivity index (χ3v) is 1.76. The summed E-state index contributed by atoms with van der Waals surface area (Å²) in [6, 6.07) is 0. The Morgan fingerprint density at radius 3 is 2.50 bits per heavy atom. The van der Waals surface area contributed by atoms with Gasteiger partial charge in [-0.3, -0.25) is 5.41 Å². The molecule has 10 heavy (non-hydrogen) atoms. The molecule has 4 nitrogen and oxygen atoms in total. The molecule has 1 aromatic heterocycles. The first kappa shape index (κ1) is 9.32. The summed E-state index contributed by atoms with van der Waals surface area (Å²) in [7, 11) is 0. The van der Waals surface area contributed by atoms with Gasteiger partial charge in [-0.2, -0.15) is 0 Å². The largest absolute Gasteiger partial charge is 0.383 e. The number of halogens is 1. The SMILES string of the molecule is Cc1nnsc1C(=N)N.Cl. The Hall–Kier alpha value is -0.680. The van der Waals surface area contributed by atoms with Crippen LogP contribution in [0.25, 0.3) is 0 Å². The number of nitrogen functional groups attached to an aromatic ring is 1. The van der Waals surface area contributed by atoms with Crippen molar-refractivity contribution < 1.29 is 0 Å². The van der Waals surface area contributed by atoms with Crippen LogP contribution in [0.2, 0.25) is 0 Å². The predicted octanol–water partition coefficient (Wildman–Crippen LogP) is 0.552. The Labute approximate surface area is 68.5 Å². The molecule has 0 aliphatic carbocycles. The maximum Gasteiger partial charge on any atom is 0.136 e. The molecule has 3 N–H and O–H groups in total. The molecule has 0 aliphatic heterocycles. The maximum atomic E-state index is 7.00. The number of nitrogens with zero attached hydrogens (tertiary/aromatic N) is 2. The summed E-state index contributed by atoms with van der Waals surface area (Å²) < 4.78 is 3.61. The Morgan fingerprint density at radius 2 is 2.30 bits per heavy atom. The van der Waals surface area contributed by atoms with E-state index < -0.39 is 0 Å². The van der Waals surface area contributed by atoms with Gasteiger partial charge in [-0.05, 0) is 18.5 Å². The van der Waals surface area contributed by atoms with Crippen LogP contribution in [-0.4, -0.2) is 15.4 Å². The van der Waals surface area contributed by atoms with E-state index in [1.165, 1.54) is 0 Å². The summed E-state index contributed by atoms with van der Waals surface area (Å²) in [6.07, 6.45) is 0. The lowest BCUT2D eigenvalue weighted by atomic mass is 10.4. The van der Waals surface area contributed by atoms with Gasteiger partial charge in [0.2, 0.25) is 0 Å². The van der Waals surface area contributed by atoms with E-state index in [0.29, 0.717) is 4.88 Å². The van der Waals surface area contributed by atoms with Crippen molar-refractivity contribution in [3.8, 4) is 0 Å². The molecule has 0 bridgehead atoms. The van der Waals surface area contributed by atoms with Crippen molar-refractivity contribution in [2.45, 2.75) is 6.92 Å². The van der Waals surface area contributed by atoms with E-state index in [9.17, 15) is 0 Å². The number of nitrogens with two attached hydrogens (primary N) is 1. The van der Waals surface area contributed by atoms with E-state index in [1.807, 2.05) is 0 Å². The molecule has 0 radical (unpaired) electrons. The minimum atomic E-state index is 0. The van der Waals surface area contributed by atoms with Crippen LogP contribution in [-0.2, 0) is 0 Å². The fourth-order valence-electron chi connectivity index (χ4n) is 0.478. The molecule has 0 saturated carbocycles. The van der Waals surface area contributed by atoms with Crippen LogP contribution < -0.4 is 5.73 Å². The van der Waals surface area contributed by atoms with Gasteiger partial charge in [-0.1, -0.05) is 4.49 Å². The zero-order chi connectivity index (χ0) is 6.85. The van der Waals surface area contributed by atoms with E-state index in [4.69, 9.17) is 11.1 Å². The molecule has 0 unspecified atom stereocenters. The summed E-state index contributed by atoms with van der Waals surface area (Å²) in [6.45, 7) is 1.78. The highest BCUT2D eigenvalue weighted by atomic mass is 35.5. The molecule has 0 saturated heterocycles. The van der Waals surface area contributed by atoms with Crippen molar-refractivity contribution in [3.05, 3.63) is 10.6 Å². The highest BCUT2D eigenvalue weighted by molar-refractivity contribution is 7.08. The lowest BCUT2D eigenvalue weighted by molar-refractivity contribution is 1.08. The average molecular weight is 179 g/mol. The normalized spacial score (nSPS) is 8.50. The van der Waals surface area contributed by atoms with Crippen molar-refractivity contribution in [1.29, 1.82) is 5.41 Å². The smallest absolute Gasteiger partial charge is 0.136 e. The van der Waals surface area contributed by atoms with Crippen molar-refractivity contribution in [2.75, 3.05) is 0 Å². The summed E-state index contributed by atoms with van der Waals surface area (Å²) >= 11 is 1.15. The number of rotatable bonds is 1. The monoisotopic (exact) mass is 178 g/mol. The fraction of sp³-hybridized carbons (Fsp3) is 0.250. The molecular weight excluding hydrogens is 172 g/mol. The van der Waals surface area contributed by atoms with E-state index in [-0.39, 0.29) is 18.2 Å². The molecule has 6 heteroatoms. The summed E-state index contributed by atoms with van der Waals surface area (Å²) in [5.41, 5.74) is 5.90. The number of hydrogen-bond donors (Lipinski definition) is 2. The van der Waals surface area contributed by atoms with Crippen LogP contribution in [0.4, 0.5) is 0 Å². The lowest BCUT2D eigenvalue weighted by Gasteiger charge is -1.87. The minimum Gasteiger partial charge on any atom is -0.383 e. The van der Waals surface area contributed by atoms with Crippen LogP contribution in [0.1, 0.15) is 10.6 Å². The van der Waals surface area contributed by atoms with Gasteiger partial charge in [0, 0.05) is 0 Å². The van der Waals surface area contributed by atoms with Crippen LogP contribution in [0.15, 0.2) is 0 Å². The Morgan fingerprint density at radius 1 is 1.70 bits per heavy atom. The lowest BCUT2D eigenvalue weighted by Crippen LogP contribution is -2.10. The quantitative estimate of drug-likeness (QED) is 0.487. The van der Waals surface area contributed by atoms with Crippen molar-refractivity contribution in [1.82, 2.24) is 9.59 Å². The fourth-order valence-corrected chi connectivity index (χ4v) is 0.994. The van der Waals surface area contributed by atoms with Gasteiger partial charge in [-0.25, -0.2) is 0 Å². The summed E-state index contributed by atoms with van der Waals surface area (Å²) in [5.74, 6) is 0.0440.